The van der Waals surface area contributed by atoms with Crippen molar-refractivity contribution in [3.05, 3.63) is 29.6 Å². The maximum absolute atomic E-state index is 14.3. The fourth-order valence-corrected chi connectivity index (χ4v) is 3.32. The number of piperazine rings is 1. The van der Waals surface area contributed by atoms with Crippen LogP contribution in [0.1, 0.15) is 12.0 Å². The van der Waals surface area contributed by atoms with Crippen LogP contribution in [0.4, 0.5) is 10.1 Å². The number of benzene rings is 1. The van der Waals surface area contributed by atoms with Gasteiger partial charge in [0.25, 0.3) is 0 Å². The summed E-state index contributed by atoms with van der Waals surface area (Å²) in [6.45, 7) is 8.43. The highest BCUT2D eigenvalue weighted by atomic mass is 35.5. The van der Waals surface area contributed by atoms with Gasteiger partial charge in [-0.05, 0) is 31.0 Å². The van der Waals surface area contributed by atoms with Crippen molar-refractivity contribution in [1.82, 2.24) is 10.2 Å². The van der Waals surface area contributed by atoms with Crippen molar-refractivity contribution in [3.8, 4) is 0 Å². The van der Waals surface area contributed by atoms with E-state index in [0.717, 1.165) is 83.1 Å². The zero-order valence-electron chi connectivity index (χ0n) is 13.6. The van der Waals surface area contributed by atoms with Crippen molar-refractivity contribution < 1.29 is 9.13 Å². The molecule has 1 aromatic rings. The third-order valence-electron chi connectivity index (χ3n) is 4.53. The number of aryl methyl sites for hydroxylation is 1. The van der Waals surface area contributed by atoms with E-state index in [4.69, 9.17) is 4.74 Å². The molecule has 0 radical (unpaired) electrons. The van der Waals surface area contributed by atoms with Gasteiger partial charge in [0.2, 0.25) is 0 Å². The molecule has 0 atom stereocenters. The number of halogens is 2. The SMILES string of the molecule is Cl.Fc1cccc(CCCN2CCOCC2)c1N1CCNCC1. The van der Waals surface area contributed by atoms with Crippen molar-refractivity contribution in [2.75, 3.05) is 63.9 Å². The molecule has 6 heteroatoms. The number of nitrogens with one attached hydrogen (secondary N) is 1. The van der Waals surface area contributed by atoms with Crippen LogP contribution in [0.15, 0.2) is 18.2 Å². The Labute approximate surface area is 144 Å². The summed E-state index contributed by atoms with van der Waals surface area (Å²) >= 11 is 0. The van der Waals surface area contributed by atoms with Crippen LogP contribution in [0.5, 0.6) is 0 Å². The second-order valence-electron chi connectivity index (χ2n) is 6.04. The fraction of sp³-hybridized carbons (Fsp3) is 0.647. The Bertz CT molecular complexity index is 477. The van der Waals surface area contributed by atoms with E-state index in [-0.39, 0.29) is 18.2 Å². The van der Waals surface area contributed by atoms with Crippen LogP contribution in [0.2, 0.25) is 0 Å². The van der Waals surface area contributed by atoms with E-state index < -0.39 is 0 Å². The van der Waals surface area contributed by atoms with Gasteiger partial charge < -0.3 is 15.0 Å². The lowest BCUT2D eigenvalue weighted by molar-refractivity contribution is 0.0375. The largest absolute Gasteiger partial charge is 0.379 e. The average Bonchev–Trinajstić information content (AvgIpc) is 2.57. The number of nitrogens with zero attached hydrogens (tertiary/aromatic N) is 2. The number of hydrogen-bond donors (Lipinski definition) is 1. The smallest absolute Gasteiger partial charge is 0.146 e. The lowest BCUT2D eigenvalue weighted by Gasteiger charge is -2.32. The molecule has 0 bridgehead atoms. The summed E-state index contributed by atoms with van der Waals surface area (Å²) in [6.07, 6.45) is 2.01. The number of morpholine rings is 1. The Balaban J connectivity index is 0.00000192. The second-order valence-corrected chi connectivity index (χ2v) is 6.04. The van der Waals surface area contributed by atoms with Crippen molar-refractivity contribution in [2.24, 2.45) is 0 Å². The zero-order valence-corrected chi connectivity index (χ0v) is 14.4. The van der Waals surface area contributed by atoms with E-state index in [2.05, 4.69) is 21.2 Å². The molecule has 0 saturated carbocycles. The molecule has 130 valence electrons. The third kappa shape index (κ3) is 5.05. The first-order valence-electron chi connectivity index (χ1n) is 8.38. The van der Waals surface area contributed by atoms with Crippen LogP contribution in [-0.4, -0.2) is 63.9 Å². The summed E-state index contributed by atoms with van der Waals surface area (Å²) in [7, 11) is 0. The minimum absolute atomic E-state index is 0. The summed E-state index contributed by atoms with van der Waals surface area (Å²) in [4.78, 5) is 4.63. The molecule has 0 aliphatic carbocycles. The average molecular weight is 344 g/mol. The van der Waals surface area contributed by atoms with E-state index in [9.17, 15) is 4.39 Å². The minimum atomic E-state index is -0.0780. The van der Waals surface area contributed by atoms with Crippen molar-refractivity contribution in [2.45, 2.75) is 12.8 Å². The maximum Gasteiger partial charge on any atom is 0.146 e. The van der Waals surface area contributed by atoms with E-state index in [1.165, 1.54) is 0 Å². The lowest BCUT2D eigenvalue weighted by Crippen LogP contribution is -2.44. The molecule has 2 heterocycles. The number of rotatable bonds is 5. The Hall–Kier alpha value is -0.880. The molecule has 3 rings (SSSR count). The van der Waals surface area contributed by atoms with Crippen LogP contribution >= 0.6 is 12.4 Å². The summed E-state index contributed by atoms with van der Waals surface area (Å²) in [5.41, 5.74) is 1.97. The van der Waals surface area contributed by atoms with Gasteiger partial charge in [0.05, 0.1) is 18.9 Å². The third-order valence-corrected chi connectivity index (χ3v) is 4.53. The molecule has 2 aliphatic heterocycles. The highest BCUT2D eigenvalue weighted by Crippen LogP contribution is 2.26. The summed E-state index contributed by atoms with van der Waals surface area (Å²) in [5, 5.41) is 3.33. The molecule has 2 fully saturated rings. The lowest BCUT2D eigenvalue weighted by atomic mass is 10.0. The van der Waals surface area contributed by atoms with Gasteiger partial charge in [0, 0.05) is 39.3 Å². The molecule has 2 saturated heterocycles. The van der Waals surface area contributed by atoms with E-state index in [1.54, 1.807) is 6.07 Å². The molecule has 1 aromatic carbocycles. The predicted molar refractivity (Wildman–Crippen MR) is 94.3 cm³/mol. The quantitative estimate of drug-likeness (QED) is 0.884. The molecule has 0 unspecified atom stereocenters. The van der Waals surface area contributed by atoms with Gasteiger partial charge in [-0.2, -0.15) is 0 Å². The van der Waals surface area contributed by atoms with E-state index >= 15 is 0 Å². The van der Waals surface area contributed by atoms with E-state index in [1.807, 2.05) is 6.07 Å². The molecule has 23 heavy (non-hydrogen) atoms. The molecule has 0 spiro atoms. The highest BCUT2D eigenvalue weighted by Gasteiger charge is 2.18. The van der Waals surface area contributed by atoms with Gasteiger partial charge in [-0.15, -0.1) is 12.4 Å². The Kier molecular flexibility index (Phi) is 7.56. The Morgan fingerprint density at radius 3 is 2.57 bits per heavy atom. The van der Waals surface area contributed by atoms with Crippen molar-refractivity contribution in [1.29, 1.82) is 0 Å². The maximum atomic E-state index is 14.3. The molecule has 0 amide bonds. The van der Waals surface area contributed by atoms with E-state index in [0.29, 0.717) is 0 Å². The topological polar surface area (TPSA) is 27.7 Å². The standard InChI is InChI=1S/C17H26FN3O.ClH/c18-16-5-1-3-15(17(16)21-9-6-19-7-10-21)4-2-8-20-11-13-22-14-12-20;/h1,3,5,19H,2,4,6-14H2;1H. The highest BCUT2D eigenvalue weighted by molar-refractivity contribution is 5.85. The number of hydrogen-bond acceptors (Lipinski definition) is 4. The molecule has 0 aromatic heterocycles. The minimum Gasteiger partial charge on any atom is -0.379 e. The van der Waals surface area contributed by atoms with Gasteiger partial charge in [-0.25, -0.2) is 4.39 Å². The van der Waals surface area contributed by atoms with Crippen LogP contribution < -0.4 is 10.2 Å². The van der Waals surface area contributed by atoms with Crippen LogP contribution in [0, 0.1) is 5.82 Å². The first-order valence-corrected chi connectivity index (χ1v) is 8.38. The molecular weight excluding hydrogens is 317 g/mol. The van der Waals surface area contributed by atoms with Crippen molar-refractivity contribution >= 4 is 18.1 Å². The van der Waals surface area contributed by atoms with Gasteiger partial charge >= 0.3 is 0 Å². The first-order chi connectivity index (χ1) is 10.8. The van der Waals surface area contributed by atoms with Gasteiger partial charge in [-0.3, -0.25) is 4.90 Å². The predicted octanol–water partition coefficient (Wildman–Crippen LogP) is 1.92. The normalized spacial score (nSPS) is 19.4. The molecular formula is C17H27ClFN3O. The van der Waals surface area contributed by atoms with Crippen molar-refractivity contribution in [3.63, 3.8) is 0 Å². The first kappa shape index (κ1) is 18.5. The van der Waals surface area contributed by atoms with Gasteiger partial charge in [-0.1, -0.05) is 12.1 Å². The Morgan fingerprint density at radius 2 is 1.83 bits per heavy atom. The molecule has 1 N–H and O–H groups in total. The summed E-state index contributed by atoms with van der Waals surface area (Å²) in [5.74, 6) is -0.0780. The number of ether oxygens (including phenoxy) is 1. The van der Waals surface area contributed by atoms with Crippen LogP contribution in [0.25, 0.3) is 0 Å². The monoisotopic (exact) mass is 343 g/mol. The number of para-hydroxylation sites is 1. The van der Waals surface area contributed by atoms with Crippen LogP contribution in [0.3, 0.4) is 0 Å². The number of anilines is 1. The fourth-order valence-electron chi connectivity index (χ4n) is 3.32. The van der Waals surface area contributed by atoms with Gasteiger partial charge in [0.15, 0.2) is 0 Å². The molecule has 4 nitrogen and oxygen atoms in total. The Morgan fingerprint density at radius 1 is 1.09 bits per heavy atom. The second kappa shape index (κ2) is 9.42. The van der Waals surface area contributed by atoms with Gasteiger partial charge in [0.1, 0.15) is 5.82 Å². The van der Waals surface area contributed by atoms with Crippen LogP contribution in [-0.2, 0) is 11.2 Å². The molecule has 2 aliphatic rings. The summed E-state index contributed by atoms with van der Waals surface area (Å²) < 4.78 is 19.7. The zero-order chi connectivity index (χ0) is 15.2. The summed E-state index contributed by atoms with van der Waals surface area (Å²) in [6, 6.07) is 5.51.